The maximum absolute atomic E-state index is 12.2. The monoisotopic (exact) mass is 372 g/mol. The number of amides is 2. The molecule has 140 valence electrons. The van der Waals surface area contributed by atoms with Gasteiger partial charge >= 0.3 is 0 Å². The molecule has 1 aliphatic heterocycles. The summed E-state index contributed by atoms with van der Waals surface area (Å²) in [6.07, 6.45) is 1.22. The summed E-state index contributed by atoms with van der Waals surface area (Å²) >= 11 is 0. The van der Waals surface area contributed by atoms with Crippen LogP contribution < -0.4 is 15.4 Å². The molecule has 0 aliphatic carbocycles. The first-order valence-electron chi connectivity index (χ1n) is 9.18. The van der Waals surface area contributed by atoms with E-state index >= 15 is 0 Å². The molecule has 5 nitrogen and oxygen atoms in total. The highest BCUT2D eigenvalue weighted by atomic mass is 16.5. The molecule has 3 aromatic carbocycles. The molecule has 0 saturated carbocycles. The van der Waals surface area contributed by atoms with Gasteiger partial charge in [0.25, 0.3) is 5.91 Å². The molecule has 0 spiro atoms. The summed E-state index contributed by atoms with van der Waals surface area (Å²) < 4.78 is 5.57. The van der Waals surface area contributed by atoms with Crippen LogP contribution in [-0.2, 0) is 16.0 Å². The van der Waals surface area contributed by atoms with Crippen molar-refractivity contribution < 1.29 is 14.3 Å². The summed E-state index contributed by atoms with van der Waals surface area (Å²) in [5.74, 6) is 0.311. The summed E-state index contributed by atoms with van der Waals surface area (Å²) in [6, 6.07) is 23.2. The van der Waals surface area contributed by atoms with Crippen LogP contribution in [0.3, 0.4) is 0 Å². The normalized spacial score (nSPS) is 12.6. The van der Waals surface area contributed by atoms with Crippen molar-refractivity contribution >= 4 is 23.2 Å². The third kappa shape index (κ3) is 4.20. The van der Waals surface area contributed by atoms with Gasteiger partial charge in [0.2, 0.25) is 5.91 Å². The molecular formula is C23H20N2O3. The predicted octanol–water partition coefficient (Wildman–Crippen LogP) is 4.26. The van der Waals surface area contributed by atoms with Crippen LogP contribution in [-0.4, -0.2) is 18.4 Å². The first kappa shape index (κ1) is 17.8. The molecular weight excluding hydrogens is 352 g/mol. The van der Waals surface area contributed by atoms with Crippen molar-refractivity contribution in [2.45, 2.75) is 12.8 Å². The third-order valence-corrected chi connectivity index (χ3v) is 4.62. The van der Waals surface area contributed by atoms with Gasteiger partial charge in [-0.25, -0.2) is 0 Å². The quantitative estimate of drug-likeness (QED) is 0.703. The van der Waals surface area contributed by atoms with E-state index in [4.69, 9.17) is 4.74 Å². The number of rotatable bonds is 5. The molecule has 0 bridgehead atoms. The number of carbonyl (C=O) groups is 2. The number of fused-ring (bicyclic) bond motifs is 1. The Morgan fingerprint density at radius 2 is 1.68 bits per heavy atom. The van der Waals surface area contributed by atoms with Crippen LogP contribution in [0.1, 0.15) is 12.0 Å². The van der Waals surface area contributed by atoms with Gasteiger partial charge in [-0.3, -0.25) is 9.59 Å². The second-order valence-electron chi connectivity index (χ2n) is 6.65. The first-order chi connectivity index (χ1) is 13.7. The number of benzene rings is 3. The topological polar surface area (TPSA) is 67.4 Å². The van der Waals surface area contributed by atoms with Crippen molar-refractivity contribution in [2.75, 3.05) is 17.2 Å². The molecule has 0 saturated heterocycles. The third-order valence-electron chi connectivity index (χ3n) is 4.62. The van der Waals surface area contributed by atoms with Gasteiger partial charge < -0.3 is 15.4 Å². The van der Waals surface area contributed by atoms with Crippen molar-refractivity contribution in [1.29, 1.82) is 0 Å². The first-order valence-corrected chi connectivity index (χ1v) is 9.18. The molecule has 1 heterocycles. The maximum Gasteiger partial charge on any atom is 0.262 e. The van der Waals surface area contributed by atoms with Crippen molar-refractivity contribution in [2.24, 2.45) is 0 Å². The molecule has 28 heavy (non-hydrogen) atoms. The summed E-state index contributed by atoms with van der Waals surface area (Å²) in [7, 11) is 0. The summed E-state index contributed by atoms with van der Waals surface area (Å²) in [6.45, 7) is -0.104. The smallest absolute Gasteiger partial charge is 0.262 e. The van der Waals surface area contributed by atoms with Gasteiger partial charge in [-0.15, -0.1) is 0 Å². The minimum Gasteiger partial charge on any atom is -0.484 e. The fourth-order valence-electron chi connectivity index (χ4n) is 3.16. The van der Waals surface area contributed by atoms with Crippen LogP contribution in [0.2, 0.25) is 0 Å². The van der Waals surface area contributed by atoms with Crippen molar-refractivity contribution in [3.8, 4) is 16.9 Å². The molecule has 0 aromatic heterocycles. The van der Waals surface area contributed by atoms with Gasteiger partial charge in [0.05, 0.1) is 0 Å². The summed E-state index contributed by atoms with van der Waals surface area (Å²) in [5, 5.41) is 5.65. The Morgan fingerprint density at radius 1 is 0.929 bits per heavy atom. The van der Waals surface area contributed by atoms with E-state index < -0.39 is 0 Å². The van der Waals surface area contributed by atoms with E-state index in [-0.39, 0.29) is 18.4 Å². The average molecular weight is 372 g/mol. The van der Waals surface area contributed by atoms with Crippen LogP contribution in [0.5, 0.6) is 5.75 Å². The van der Waals surface area contributed by atoms with Crippen molar-refractivity contribution in [3.63, 3.8) is 0 Å². The second kappa shape index (κ2) is 7.96. The summed E-state index contributed by atoms with van der Waals surface area (Å²) in [4.78, 5) is 23.7. The summed E-state index contributed by atoms with van der Waals surface area (Å²) in [5.41, 5.74) is 4.76. The predicted molar refractivity (Wildman–Crippen MR) is 109 cm³/mol. The van der Waals surface area contributed by atoms with E-state index in [0.29, 0.717) is 17.9 Å². The number of hydrogen-bond acceptors (Lipinski definition) is 3. The number of anilines is 2. The lowest BCUT2D eigenvalue weighted by Gasteiger charge is -2.17. The van der Waals surface area contributed by atoms with Crippen molar-refractivity contribution in [3.05, 3.63) is 78.4 Å². The van der Waals surface area contributed by atoms with Gasteiger partial charge in [-0.05, 0) is 41.3 Å². The van der Waals surface area contributed by atoms with Crippen LogP contribution in [0.4, 0.5) is 11.4 Å². The van der Waals surface area contributed by atoms with Gasteiger partial charge in [-0.2, -0.15) is 0 Å². The minimum atomic E-state index is -0.241. The van der Waals surface area contributed by atoms with E-state index in [1.807, 2.05) is 66.7 Å². The highest BCUT2D eigenvalue weighted by Crippen LogP contribution is 2.27. The molecule has 2 amide bonds. The Balaban J connectivity index is 1.33. The zero-order chi connectivity index (χ0) is 19.3. The Hall–Kier alpha value is -3.60. The number of nitrogens with one attached hydrogen (secondary N) is 2. The Labute approximate surface area is 163 Å². The zero-order valence-corrected chi connectivity index (χ0v) is 15.3. The fourth-order valence-corrected chi connectivity index (χ4v) is 3.16. The van der Waals surface area contributed by atoms with E-state index in [9.17, 15) is 9.59 Å². The molecule has 0 unspecified atom stereocenters. The lowest BCUT2D eigenvalue weighted by atomic mass is 10.0. The van der Waals surface area contributed by atoms with Crippen molar-refractivity contribution in [1.82, 2.24) is 0 Å². The van der Waals surface area contributed by atoms with E-state index in [1.165, 1.54) is 0 Å². The number of carbonyl (C=O) groups excluding carboxylic acids is 2. The minimum absolute atomic E-state index is 0.00124. The molecule has 0 radical (unpaired) electrons. The largest absolute Gasteiger partial charge is 0.484 e. The standard InChI is InChI=1S/C23H20N2O3/c26-22-13-9-18-8-12-20(14-21(18)25-22)28-15-23(27)24-19-10-6-17(7-11-19)16-4-2-1-3-5-16/h1-8,10-12,14H,9,13,15H2,(H,24,27)(H,25,26). The second-order valence-corrected chi connectivity index (χ2v) is 6.65. The number of aryl methyl sites for hydroxylation is 1. The average Bonchev–Trinajstić information content (AvgIpc) is 2.73. The maximum atomic E-state index is 12.2. The van der Waals surface area contributed by atoms with Crippen LogP contribution >= 0.6 is 0 Å². The number of ether oxygens (including phenoxy) is 1. The Bertz CT molecular complexity index is 998. The van der Waals surface area contributed by atoms with Gasteiger partial charge in [0, 0.05) is 23.9 Å². The Morgan fingerprint density at radius 3 is 2.46 bits per heavy atom. The number of hydrogen-bond donors (Lipinski definition) is 2. The SMILES string of the molecule is O=C(COc1ccc2c(c1)NC(=O)CC2)Nc1ccc(-c2ccccc2)cc1. The van der Waals surface area contributed by atoms with Crippen LogP contribution in [0.15, 0.2) is 72.8 Å². The lowest BCUT2D eigenvalue weighted by molar-refractivity contribution is -0.118. The highest BCUT2D eigenvalue weighted by molar-refractivity contribution is 5.94. The molecule has 1 aliphatic rings. The molecule has 4 rings (SSSR count). The lowest BCUT2D eigenvalue weighted by Crippen LogP contribution is -2.21. The molecule has 2 N–H and O–H groups in total. The molecule has 5 heteroatoms. The van der Waals surface area contributed by atoms with E-state index in [1.54, 1.807) is 6.07 Å². The van der Waals surface area contributed by atoms with Gasteiger partial charge in [-0.1, -0.05) is 48.5 Å². The van der Waals surface area contributed by atoms with E-state index in [0.717, 1.165) is 28.8 Å². The fraction of sp³-hybridized carbons (Fsp3) is 0.130. The molecule has 3 aromatic rings. The van der Waals surface area contributed by atoms with Crippen LogP contribution in [0.25, 0.3) is 11.1 Å². The van der Waals surface area contributed by atoms with Gasteiger partial charge in [0.1, 0.15) is 5.75 Å². The zero-order valence-electron chi connectivity index (χ0n) is 15.3. The van der Waals surface area contributed by atoms with Crippen LogP contribution in [0, 0.1) is 0 Å². The molecule has 0 atom stereocenters. The van der Waals surface area contributed by atoms with E-state index in [2.05, 4.69) is 10.6 Å². The van der Waals surface area contributed by atoms with Gasteiger partial charge in [0.15, 0.2) is 6.61 Å². The Kier molecular flexibility index (Phi) is 5.06. The molecule has 0 fully saturated rings. The highest BCUT2D eigenvalue weighted by Gasteiger charge is 2.15.